The lowest BCUT2D eigenvalue weighted by atomic mass is 10.1. The van der Waals surface area contributed by atoms with Crippen molar-refractivity contribution >= 4 is 43.9 Å². The van der Waals surface area contributed by atoms with Gasteiger partial charge in [0, 0.05) is 25.0 Å². The van der Waals surface area contributed by atoms with E-state index < -0.39 is 34.7 Å². The summed E-state index contributed by atoms with van der Waals surface area (Å²) in [6.07, 6.45) is -4.84. The fraction of sp³-hybridized carbons (Fsp3) is 0.200. The molecule has 33 heavy (non-hydrogen) atoms. The highest BCUT2D eigenvalue weighted by Crippen LogP contribution is 2.33. The molecule has 1 N–H and O–H groups in total. The molecule has 0 radical (unpaired) electrons. The van der Waals surface area contributed by atoms with Gasteiger partial charge in [-0.15, -0.1) is 22.7 Å². The quantitative estimate of drug-likeness (QED) is 0.434. The molecule has 0 spiro atoms. The number of hydrogen-bond acceptors (Lipinski definition) is 6. The lowest BCUT2D eigenvalue weighted by Gasteiger charge is -2.08. The largest absolute Gasteiger partial charge is 0.416 e. The lowest BCUT2D eigenvalue weighted by Crippen LogP contribution is -2.36. The third-order valence-corrected chi connectivity index (χ3v) is 6.78. The predicted octanol–water partition coefficient (Wildman–Crippen LogP) is 3.76. The van der Waals surface area contributed by atoms with E-state index in [1.54, 1.807) is 5.38 Å². The van der Waals surface area contributed by atoms with Crippen molar-refractivity contribution in [3.8, 4) is 11.3 Å². The topological polar surface area (TPSA) is 86.0 Å². The number of amides is 1. The maximum absolute atomic E-state index is 14.2. The average molecular weight is 498 g/mol. The van der Waals surface area contributed by atoms with E-state index in [-0.39, 0.29) is 28.2 Å². The number of nitrogens with one attached hydrogen (secondary N) is 1. The number of alkyl halides is 3. The first kappa shape index (κ1) is 22.9. The van der Waals surface area contributed by atoms with Gasteiger partial charge < -0.3 is 5.32 Å². The van der Waals surface area contributed by atoms with Crippen LogP contribution >= 0.6 is 22.7 Å². The van der Waals surface area contributed by atoms with E-state index in [2.05, 4.69) is 10.3 Å². The highest BCUT2D eigenvalue weighted by molar-refractivity contribution is 7.17. The summed E-state index contributed by atoms with van der Waals surface area (Å²) >= 11 is 2.14. The van der Waals surface area contributed by atoms with Crippen LogP contribution in [-0.4, -0.2) is 20.0 Å². The van der Waals surface area contributed by atoms with Crippen LogP contribution < -0.4 is 16.6 Å². The number of hydrogen-bond donors (Lipinski definition) is 1. The predicted molar refractivity (Wildman–Crippen MR) is 117 cm³/mol. The highest BCUT2D eigenvalue weighted by atomic mass is 32.1. The molecule has 0 atom stereocenters. The van der Waals surface area contributed by atoms with Crippen molar-refractivity contribution < 1.29 is 22.4 Å². The molecule has 7 nitrogen and oxygen atoms in total. The third-order valence-electron chi connectivity index (χ3n) is 4.92. The zero-order valence-corrected chi connectivity index (χ0v) is 18.6. The number of thiophene rings is 1. The summed E-state index contributed by atoms with van der Waals surface area (Å²) in [5, 5.41) is 5.96. The Bertz CT molecular complexity index is 1510. The molecule has 0 aliphatic rings. The number of benzene rings is 1. The molecule has 0 saturated heterocycles. The van der Waals surface area contributed by atoms with E-state index in [1.165, 1.54) is 35.4 Å². The molecule has 172 valence electrons. The monoisotopic (exact) mass is 498 g/mol. The molecule has 4 rings (SSSR count). The van der Waals surface area contributed by atoms with Crippen LogP contribution in [0.25, 0.3) is 21.5 Å². The van der Waals surface area contributed by atoms with Crippen molar-refractivity contribution in [2.24, 2.45) is 14.1 Å². The second-order valence-corrected chi connectivity index (χ2v) is 8.82. The maximum Gasteiger partial charge on any atom is 0.416 e. The molecular formula is C20H14F4N4O3S2. The molecule has 0 bridgehead atoms. The molecule has 0 aliphatic carbocycles. The number of fused-ring (bicyclic) bond motifs is 1. The maximum atomic E-state index is 14.2. The van der Waals surface area contributed by atoms with Crippen molar-refractivity contribution in [3.05, 3.63) is 66.7 Å². The smallest absolute Gasteiger partial charge is 0.302 e. The van der Waals surface area contributed by atoms with Crippen LogP contribution in [0.3, 0.4) is 0 Å². The minimum atomic E-state index is -4.67. The number of carbonyl (C=O) groups excluding carboxylic acids is 1. The van der Waals surface area contributed by atoms with Gasteiger partial charge in [-0.25, -0.2) is 14.2 Å². The molecule has 3 aromatic heterocycles. The first-order valence-corrected chi connectivity index (χ1v) is 11.0. The van der Waals surface area contributed by atoms with Gasteiger partial charge in [0.15, 0.2) is 5.13 Å². The Kier molecular flexibility index (Phi) is 5.70. The second-order valence-electron chi connectivity index (χ2n) is 7.10. The summed E-state index contributed by atoms with van der Waals surface area (Å²) < 4.78 is 54.7. The molecular weight excluding hydrogens is 484 g/mol. The van der Waals surface area contributed by atoms with Gasteiger partial charge in [0.05, 0.1) is 23.1 Å². The van der Waals surface area contributed by atoms with Crippen LogP contribution in [-0.2, 0) is 31.5 Å². The summed E-state index contributed by atoms with van der Waals surface area (Å²) in [4.78, 5) is 41.6. The van der Waals surface area contributed by atoms with Crippen LogP contribution in [0.15, 0.2) is 38.5 Å². The van der Waals surface area contributed by atoms with Gasteiger partial charge in [0.1, 0.15) is 10.6 Å². The molecule has 0 saturated carbocycles. The number of halogens is 4. The van der Waals surface area contributed by atoms with Crippen LogP contribution in [0.5, 0.6) is 0 Å². The summed E-state index contributed by atoms with van der Waals surface area (Å²) in [5.41, 5.74) is -1.71. The van der Waals surface area contributed by atoms with Gasteiger partial charge in [-0.2, -0.15) is 13.2 Å². The number of anilines is 1. The van der Waals surface area contributed by atoms with Crippen LogP contribution in [0.4, 0.5) is 22.7 Å². The number of carbonyl (C=O) groups is 1. The molecule has 0 fully saturated rings. The van der Waals surface area contributed by atoms with E-state index in [0.717, 1.165) is 28.0 Å². The number of nitrogens with zero attached hydrogens (tertiary/aromatic N) is 3. The zero-order chi connectivity index (χ0) is 24.1. The van der Waals surface area contributed by atoms with Crippen LogP contribution in [0.1, 0.15) is 11.1 Å². The summed E-state index contributed by atoms with van der Waals surface area (Å²) in [6, 6.07) is 2.13. The van der Waals surface area contributed by atoms with E-state index in [9.17, 15) is 31.9 Å². The molecule has 4 aromatic rings. The SMILES string of the molecule is Cn1c(=O)c2c(CC(=O)Nc3nc(-c4ccc(C(F)(F)F)cc4F)cs3)csc2n(C)c1=O. The molecule has 1 aromatic carbocycles. The normalized spacial score (nSPS) is 11.8. The second kappa shape index (κ2) is 8.23. The Morgan fingerprint density at radius 2 is 1.85 bits per heavy atom. The standard InChI is InChI=1S/C20H14F4N4O3S2/c1-27-16(30)15-9(7-32-17(15)28(2)19(27)31)5-14(29)26-18-25-13(8-33-18)11-4-3-10(6-12(11)21)20(22,23)24/h3-4,6-8H,5H2,1-2H3,(H,25,26,29). The summed E-state index contributed by atoms with van der Waals surface area (Å²) in [6.45, 7) is 0. The van der Waals surface area contributed by atoms with Crippen molar-refractivity contribution in [2.45, 2.75) is 12.6 Å². The Morgan fingerprint density at radius 1 is 1.12 bits per heavy atom. The highest BCUT2D eigenvalue weighted by Gasteiger charge is 2.31. The Labute approximate surface area is 190 Å². The van der Waals surface area contributed by atoms with Gasteiger partial charge in [0.2, 0.25) is 5.91 Å². The zero-order valence-electron chi connectivity index (χ0n) is 17.0. The van der Waals surface area contributed by atoms with E-state index in [0.29, 0.717) is 16.5 Å². The van der Waals surface area contributed by atoms with Crippen molar-refractivity contribution in [1.82, 2.24) is 14.1 Å². The Balaban J connectivity index is 1.55. The lowest BCUT2D eigenvalue weighted by molar-refractivity contribution is -0.137. The molecule has 0 unspecified atom stereocenters. The van der Waals surface area contributed by atoms with Crippen LogP contribution in [0, 0.1) is 5.82 Å². The van der Waals surface area contributed by atoms with E-state index in [4.69, 9.17) is 0 Å². The summed E-state index contributed by atoms with van der Waals surface area (Å²) in [5.74, 6) is -1.58. The molecule has 1 amide bonds. The van der Waals surface area contributed by atoms with E-state index >= 15 is 0 Å². The Morgan fingerprint density at radius 3 is 2.52 bits per heavy atom. The van der Waals surface area contributed by atoms with Gasteiger partial charge in [-0.3, -0.25) is 18.7 Å². The molecule has 0 aliphatic heterocycles. The first-order valence-electron chi connectivity index (χ1n) is 9.26. The number of thiazole rings is 1. The molecule has 3 heterocycles. The van der Waals surface area contributed by atoms with Crippen molar-refractivity contribution in [3.63, 3.8) is 0 Å². The average Bonchev–Trinajstić information content (AvgIpc) is 3.37. The first-order chi connectivity index (χ1) is 15.5. The van der Waals surface area contributed by atoms with Gasteiger partial charge in [-0.1, -0.05) is 0 Å². The Hall–Kier alpha value is -3.32. The number of aromatic nitrogens is 3. The fourth-order valence-electron chi connectivity index (χ4n) is 3.24. The number of rotatable bonds is 4. The van der Waals surface area contributed by atoms with Gasteiger partial charge >= 0.3 is 11.9 Å². The fourth-order valence-corrected chi connectivity index (χ4v) is 5.00. The summed E-state index contributed by atoms with van der Waals surface area (Å²) in [7, 11) is 2.88. The van der Waals surface area contributed by atoms with Gasteiger partial charge in [-0.05, 0) is 29.1 Å². The van der Waals surface area contributed by atoms with Crippen molar-refractivity contribution in [2.75, 3.05) is 5.32 Å². The minimum absolute atomic E-state index is 0.0753. The van der Waals surface area contributed by atoms with Crippen LogP contribution in [0.2, 0.25) is 0 Å². The minimum Gasteiger partial charge on any atom is -0.302 e. The number of aryl methyl sites for hydroxylation is 1. The molecule has 13 heteroatoms. The van der Waals surface area contributed by atoms with E-state index in [1.807, 2.05) is 0 Å². The van der Waals surface area contributed by atoms with Gasteiger partial charge in [0.25, 0.3) is 5.56 Å². The third kappa shape index (κ3) is 4.20. The van der Waals surface area contributed by atoms with Crippen molar-refractivity contribution in [1.29, 1.82) is 0 Å².